The summed E-state index contributed by atoms with van der Waals surface area (Å²) in [6.07, 6.45) is 0.833. The lowest BCUT2D eigenvalue weighted by Gasteiger charge is -2.40. The van der Waals surface area contributed by atoms with Crippen molar-refractivity contribution in [1.82, 2.24) is 5.01 Å². The van der Waals surface area contributed by atoms with Gasteiger partial charge in [0.2, 0.25) is 0 Å². The maximum atomic E-state index is 6.21. The van der Waals surface area contributed by atoms with E-state index in [1.165, 1.54) is 5.56 Å². The van der Waals surface area contributed by atoms with E-state index in [1.54, 1.807) is 0 Å². The molecule has 2 atom stereocenters. The van der Waals surface area contributed by atoms with Crippen LogP contribution in [0.5, 0.6) is 5.75 Å². The van der Waals surface area contributed by atoms with Crippen LogP contribution in [0.1, 0.15) is 37.4 Å². The monoisotopic (exact) mass is 326 g/mol. The molecule has 0 radical (unpaired) electrons. The van der Waals surface area contributed by atoms with E-state index in [2.05, 4.69) is 43.1 Å². The average molecular weight is 327 g/mol. The fraction of sp³-hybridized carbons (Fsp3) is 0.316. The molecule has 3 nitrogen and oxygen atoms in total. The lowest BCUT2D eigenvalue weighted by atomic mass is 9.95. The summed E-state index contributed by atoms with van der Waals surface area (Å²) in [7, 11) is 0. The average Bonchev–Trinajstić information content (AvgIpc) is 3.00. The molecular formula is C19H19ClN2O. The Kier molecular flexibility index (Phi) is 3.53. The molecule has 0 N–H and O–H groups in total. The van der Waals surface area contributed by atoms with Crippen molar-refractivity contribution in [3.8, 4) is 5.75 Å². The maximum absolute atomic E-state index is 6.21. The second-order valence-electron chi connectivity index (χ2n) is 6.45. The third-order valence-electron chi connectivity index (χ3n) is 4.46. The molecule has 0 spiro atoms. The molecule has 2 aliphatic rings. The molecule has 0 aromatic heterocycles. The van der Waals surface area contributed by atoms with Crippen LogP contribution in [0, 0.1) is 5.92 Å². The van der Waals surface area contributed by atoms with E-state index in [0.717, 1.165) is 28.5 Å². The Bertz CT molecular complexity index is 757. The Morgan fingerprint density at radius 1 is 1.17 bits per heavy atom. The van der Waals surface area contributed by atoms with Crippen LogP contribution in [-0.4, -0.2) is 16.9 Å². The summed E-state index contributed by atoms with van der Waals surface area (Å²) in [5, 5.41) is 7.75. The van der Waals surface area contributed by atoms with Crippen molar-refractivity contribution < 1.29 is 4.74 Å². The quantitative estimate of drug-likeness (QED) is 0.786. The van der Waals surface area contributed by atoms with Crippen molar-refractivity contribution in [2.75, 3.05) is 0 Å². The van der Waals surface area contributed by atoms with Crippen LogP contribution in [0.4, 0.5) is 0 Å². The second kappa shape index (κ2) is 5.57. The van der Waals surface area contributed by atoms with Crippen molar-refractivity contribution in [2.24, 2.45) is 11.0 Å². The first kappa shape index (κ1) is 14.6. The number of hydrogen-bond acceptors (Lipinski definition) is 3. The van der Waals surface area contributed by atoms with Gasteiger partial charge in [0.05, 0.1) is 11.8 Å². The Balaban J connectivity index is 1.77. The molecule has 0 unspecified atom stereocenters. The third-order valence-corrected chi connectivity index (χ3v) is 4.69. The van der Waals surface area contributed by atoms with Gasteiger partial charge in [-0.2, -0.15) is 5.10 Å². The highest BCUT2D eigenvalue weighted by atomic mass is 35.5. The Morgan fingerprint density at radius 2 is 1.96 bits per heavy atom. The number of hydrogen-bond donors (Lipinski definition) is 0. The Labute approximate surface area is 141 Å². The second-order valence-corrected chi connectivity index (χ2v) is 6.88. The molecule has 0 bridgehead atoms. The topological polar surface area (TPSA) is 24.8 Å². The third kappa shape index (κ3) is 2.49. The minimum Gasteiger partial charge on any atom is -0.468 e. The minimum absolute atomic E-state index is 0.0464. The summed E-state index contributed by atoms with van der Waals surface area (Å²) in [6.45, 7) is 4.33. The molecule has 2 heterocycles. The molecular weight excluding hydrogens is 308 g/mol. The maximum Gasteiger partial charge on any atom is 0.190 e. The summed E-state index contributed by atoms with van der Waals surface area (Å²) in [4.78, 5) is 0. The van der Waals surface area contributed by atoms with Gasteiger partial charge in [-0.15, -0.1) is 0 Å². The van der Waals surface area contributed by atoms with E-state index in [-0.39, 0.29) is 12.3 Å². The van der Waals surface area contributed by atoms with E-state index in [1.807, 2.05) is 24.3 Å². The van der Waals surface area contributed by atoms with Crippen molar-refractivity contribution >= 4 is 17.3 Å². The molecule has 0 saturated heterocycles. The number of rotatable bonds is 2. The number of benzene rings is 2. The van der Waals surface area contributed by atoms with Crippen LogP contribution in [0.2, 0.25) is 5.02 Å². The van der Waals surface area contributed by atoms with Crippen molar-refractivity contribution in [1.29, 1.82) is 0 Å². The predicted octanol–water partition coefficient (Wildman–Crippen LogP) is 4.87. The molecule has 2 aliphatic heterocycles. The Morgan fingerprint density at radius 3 is 2.70 bits per heavy atom. The van der Waals surface area contributed by atoms with Crippen LogP contribution in [-0.2, 0) is 0 Å². The number of halogens is 1. The standard InChI is InChI=1S/C19H19ClN2O/c1-12(2)19-22-17(15-10-14(20)8-9-18(15)23-19)11-16(21-22)13-6-4-3-5-7-13/h3-10,12,17,19H,11H2,1-2H3/t17-,19+/m0/s1. The first-order valence-corrected chi connectivity index (χ1v) is 8.38. The van der Waals surface area contributed by atoms with E-state index >= 15 is 0 Å². The van der Waals surface area contributed by atoms with Crippen molar-refractivity contribution in [3.63, 3.8) is 0 Å². The molecule has 0 fully saturated rings. The van der Waals surface area contributed by atoms with E-state index in [9.17, 15) is 0 Å². The molecule has 4 heteroatoms. The summed E-state index contributed by atoms with van der Waals surface area (Å²) in [5.41, 5.74) is 3.41. The highest BCUT2D eigenvalue weighted by Crippen LogP contribution is 2.45. The van der Waals surface area contributed by atoms with Gasteiger partial charge in [0, 0.05) is 22.9 Å². The van der Waals surface area contributed by atoms with E-state index < -0.39 is 0 Å². The lowest BCUT2D eigenvalue weighted by molar-refractivity contribution is -0.0461. The van der Waals surface area contributed by atoms with Crippen LogP contribution in [0.15, 0.2) is 53.6 Å². The summed E-state index contributed by atoms with van der Waals surface area (Å²) < 4.78 is 6.21. The van der Waals surface area contributed by atoms with Gasteiger partial charge >= 0.3 is 0 Å². The van der Waals surface area contributed by atoms with Gasteiger partial charge in [-0.05, 0) is 23.8 Å². The fourth-order valence-corrected chi connectivity index (χ4v) is 3.51. The molecule has 0 aliphatic carbocycles. The summed E-state index contributed by atoms with van der Waals surface area (Å²) >= 11 is 6.21. The van der Waals surface area contributed by atoms with Gasteiger partial charge in [-0.25, -0.2) is 5.01 Å². The van der Waals surface area contributed by atoms with Crippen LogP contribution < -0.4 is 4.74 Å². The smallest absolute Gasteiger partial charge is 0.190 e. The van der Waals surface area contributed by atoms with E-state index in [4.69, 9.17) is 21.4 Å². The first-order chi connectivity index (χ1) is 11.1. The normalized spacial score (nSPS) is 22.4. The zero-order valence-electron chi connectivity index (χ0n) is 13.2. The molecule has 2 aromatic carbocycles. The largest absolute Gasteiger partial charge is 0.468 e. The van der Waals surface area contributed by atoms with Crippen LogP contribution >= 0.6 is 11.6 Å². The van der Waals surface area contributed by atoms with Crippen LogP contribution in [0.3, 0.4) is 0 Å². The number of nitrogens with zero attached hydrogens (tertiary/aromatic N) is 2. The van der Waals surface area contributed by atoms with Gasteiger partial charge in [0.1, 0.15) is 5.75 Å². The minimum atomic E-state index is -0.0464. The SMILES string of the molecule is CC(C)[C@H]1Oc2ccc(Cl)cc2[C@@H]2CC(c3ccccc3)=NN12. The first-order valence-electron chi connectivity index (χ1n) is 8.01. The van der Waals surface area contributed by atoms with Gasteiger partial charge in [0.15, 0.2) is 6.23 Å². The van der Waals surface area contributed by atoms with Crippen molar-refractivity contribution in [2.45, 2.75) is 32.5 Å². The van der Waals surface area contributed by atoms with Crippen LogP contribution in [0.25, 0.3) is 0 Å². The summed E-state index contributed by atoms with van der Waals surface area (Å²) in [6, 6.07) is 16.4. The lowest BCUT2D eigenvalue weighted by Crippen LogP contribution is -2.43. The fourth-order valence-electron chi connectivity index (χ4n) is 3.33. The molecule has 23 heavy (non-hydrogen) atoms. The highest BCUT2D eigenvalue weighted by Gasteiger charge is 2.41. The van der Waals surface area contributed by atoms with Gasteiger partial charge in [0.25, 0.3) is 0 Å². The molecule has 118 valence electrons. The Hall–Kier alpha value is -2.00. The zero-order valence-corrected chi connectivity index (χ0v) is 14.0. The molecule has 4 rings (SSSR count). The van der Waals surface area contributed by atoms with Crippen molar-refractivity contribution in [3.05, 3.63) is 64.7 Å². The van der Waals surface area contributed by atoms with Gasteiger partial charge in [-0.1, -0.05) is 55.8 Å². The zero-order chi connectivity index (χ0) is 16.0. The highest BCUT2D eigenvalue weighted by molar-refractivity contribution is 6.30. The number of fused-ring (bicyclic) bond motifs is 3. The van der Waals surface area contributed by atoms with Gasteiger partial charge in [-0.3, -0.25) is 0 Å². The summed E-state index contributed by atoms with van der Waals surface area (Å²) in [5.74, 6) is 1.28. The number of ether oxygens (including phenoxy) is 1. The molecule has 0 amide bonds. The number of hydrazone groups is 1. The molecule has 2 aromatic rings. The predicted molar refractivity (Wildman–Crippen MR) is 92.9 cm³/mol. The molecule has 0 saturated carbocycles. The van der Waals surface area contributed by atoms with E-state index in [0.29, 0.717) is 5.92 Å². The van der Waals surface area contributed by atoms with Gasteiger partial charge < -0.3 is 4.74 Å².